The van der Waals surface area contributed by atoms with Crippen molar-refractivity contribution in [3.05, 3.63) is 24.2 Å². The maximum atomic E-state index is 12.3. The van der Waals surface area contributed by atoms with Gasteiger partial charge in [-0.25, -0.2) is 4.79 Å². The van der Waals surface area contributed by atoms with Crippen molar-refractivity contribution in [1.29, 1.82) is 0 Å². The van der Waals surface area contributed by atoms with Crippen LogP contribution in [0.3, 0.4) is 0 Å². The molecule has 3 N–H and O–H groups in total. The van der Waals surface area contributed by atoms with Gasteiger partial charge in [-0.15, -0.1) is 0 Å². The van der Waals surface area contributed by atoms with Gasteiger partial charge >= 0.3 is 5.97 Å². The number of nitrogens with zero attached hydrogens (tertiary/aromatic N) is 1. The molecule has 1 aromatic heterocycles. The van der Waals surface area contributed by atoms with Crippen LogP contribution in [0.15, 0.2) is 22.8 Å². The second-order valence-electron chi connectivity index (χ2n) is 4.70. The van der Waals surface area contributed by atoms with Crippen LogP contribution in [0, 0.1) is 0 Å². The molecule has 0 aromatic carbocycles. The van der Waals surface area contributed by atoms with Crippen molar-refractivity contribution >= 4 is 11.9 Å². The van der Waals surface area contributed by atoms with E-state index in [1.165, 1.54) is 18.3 Å². The average Bonchev–Trinajstić information content (AvgIpc) is 3.14. The van der Waals surface area contributed by atoms with Crippen LogP contribution in [-0.2, 0) is 14.3 Å². The summed E-state index contributed by atoms with van der Waals surface area (Å²) < 4.78 is 9.74. The van der Waals surface area contributed by atoms with Gasteiger partial charge in [0.05, 0.1) is 19.4 Å². The number of furan rings is 1. The SMILES string of the molecule is COC(=O)[C@@H]1CCCN1C(=O)[C@@H](O)[C@@H](N)c1ccco1. The predicted octanol–water partition coefficient (Wildman–Crippen LogP) is -0.196. The van der Waals surface area contributed by atoms with Gasteiger partial charge in [0.2, 0.25) is 0 Å². The smallest absolute Gasteiger partial charge is 0.328 e. The highest BCUT2D eigenvalue weighted by molar-refractivity contribution is 5.88. The quantitative estimate of drug-likeness (QED) is 0.741. The number of carbonyl (C=O) groups excluding carboxylic acids is 2. The van der Waals surface area contributed by atoms with E-state index < -0.39 is 30.1 Å². The molecular weight excluding hydrogens is 264 g/mol. The number of ether oxygens (including phenoxy) is 1. The highest BCUT2D eigenvalue weighted by atomic mass is 16.5. The second-order valence-corrected chi connectivity index (χ2v) is 4.70. The highest BCUT2D eigenvalue weighted by Crippen LogP contribution is 2.23. The molecule has 0 spiro atoms. The molecule has 1 fully saturated rings. The first kappa shape index (κ1) is 14.5. The molecule has 0 bridgehead atoms. The van der Waals surface area contributed by atoms with Gasteiger partial charge < -0.3 is 24.9 Å². The van der Waals surface area contributed by atoms with Crippen molar-refractivity contribution in [3.8, 4) is 0 Å². The molecule has 7 heteroatoms. The third kappa shape index (κ3) is 2.68. The van der Waals surface area contributed by atoms with Crippen molar-refractivity contribution < 1.29 is 23.8 Å². The summed E-state index contributed by atoms with van der Waals surface area (Å²) in [6.45, 7) is 0.403. The van der Waals surface area contributed by atoms with E-state index in [-0.39, 0.29) is 0 Å². The summed E-state index contributed by atoms with van der Waals surface area (Å²) >= 11 is 0. The molecule has 1 aliphatic rings. The number of methoxy groups -OCH3 is 1. The molecule has 1 aliphatic heterocycles. The minimum absolute atomic E-state index is 0.319. The number of hydrogen-bond acceptors (Lipinski definition) is 6. The zero-order chi connectivity index (χ0) is 14.7. The van der Waals surface area contributed by atoms with Crippen molar-refractivity contribution in [3.63, 3.8) is 0 Å². The van der Waals surface area contributed by atoms with Gasteiger partial charge in [-0.2, -0.15) is 0 Å². The first-order chi connectivity index (χ1) is 9.56. The third-order valence-electron chi connectivity index (χ3n) is 3.47. The molecule has 0 aliphatic carbocycles. The Kier molecular flexibility index (Phi) is 4.41. The largest absolute Gasteiger partial charge is 0.468 e. The summed E-state index contributed by atoms with van der Waals surface area (Å²) in [4.78, 5) is 25.2. The van der Waals surface area contributed by atoms with Crippen LogP contribution < -0.4 is 5.73 Å². The van der Waals surface area contributed by atoms with Crippen molar-refractivity contribution in [2.24, 2.45) is 5.73 Å². The van der Waals surface area contributed by atoms with Crippen LogP contribution in [-0.4, -0.2) is 47.7 Å². The van der Waals surface area contributed by atoms with Gasteiger partial charge in [-0.3, -0.25) is 4.79 Å². The molecule has 1 amide bonds. The van der Waals surface area contributed by atoms with Crippen LogP contribution in [0.5, 0.6) is 0 Å². The zero-order valence-electron chi connectivity index (χ0n) is 11.2. The van der Waals surface area contributed by atoms with Crippen LogP contribution in [0.2, 0.25) is 0 Å². The van der Waals surface area contributed by atoms with Gasteiger partial charge in [0.25, 0.3) is 5.91 Å². The molecule has 1 aromatic rings. The summed E-state index contributed by atoms with van der Waals surface area (Å²) in [6.07, 6.45) is 1.18. The maximum Gasteiger partial charge on any atom is 0.328 e. The molecule has 2 heterocycles. The van der Waals surface area contributed by atoms with Gasteiger partial charge in [0.15, 0.2) is 6.10 Å². The van der Waals surface area contributed by atoms with E-state index in [0.717, 1.165) is 0 Å². The number of aliphatic hydroxyl groups is 1. The van der Waals surface area contributed by atoms with Gasteiger partial charge in [0.1, 0.15) is 11.8 Å². The Bertz CT molecular complexity index is 473. The van der Waals surface area contributed by atoms with Gasteiger partial charge in [-0.05, 0) is 25.0 Å². The molecule has 3 atom stereocenters. The fourth-order valence-corrected chi connectivity index (χ4v) is 2.37. The second kappa shape index (κ2) is 6.06. The number of carbonyl (C=O) groups is 2. The minimum atomic E-state index is -1.45. The van der Waals surface area contributed by atoms with Crippen LogP contribution in [0.1, 0.15) is 24.6 Å². The predicted molar refractivity (Wildman–Crippen MR) is 68.4 cm³/mol. The standard InChI is InChI=1S/C13H18N2O5/c1-19-13(18)8-4-2-6-15(8)12(17)11(16)10(14)9-5-3-7-20-9/h3,5,7-8,10-11,16H,2,4,6,14H2,1H3/t8-,10-,11-/m0/s1. The lowest BCUT2D eigenvalue weighted by Crippen LogP contribution is -2.48. The van der Waals surface area contributed by atoms with E-state index in [1.807, 2.05) is 0 Å². The van der Waals surface area contributed by atoms with E-state index in [9.17, 15) is 14.7 Å². The lowest BCUT2D eigenvalue weighted by Gasteiger charge is -2.26. The average molecular weight is 282 g/mol. The van der Waals surface area contributed by atoms with E-state index in [2.05, 4.69) is 4.74 Å². The fraction of sp³-hybridized carbons (Fsp3) is 0.538. The first-order valence-corrected chi connectivity index (χ1v) is 6.41. The van der Waals surface area contributed by atoms with Crippen molar-refractivity contribution in [2.75, 3.05) is 13.7 Å². The summed E-state index contributed by atoms with van der Waals surface area (Å²) in [5, 5.41) is 10.1. The molecule has 0 unspecified atom stereocenters. The molecule has 2 rings (SSSR count). The monoisotopic (exact) mass is 282 g/mol. The summed E-state index contributed by atoms with van der Waals surface area (Å²) in [7, 11) is 1.27. The van der Waals surface area contributed by atoms with Crippen molar-refractivity contribution in [1.82, 2.24) is 4.90 Å². The van der Waals surface area contributed by atoms with E-state index >= 15 is 0 Å². The molecule has 1 saturated heterocycles. The number of rotatable bonds is 4. The first-order valence-electron chi connectivity index (χ1n) is 6.41. The Balaban J connectivity index is 2.08. The number of esters is 1. The van der Waals surface area contributed by atoms with Gasteiger partial charge in [0, 0.05) is 6.54 Å². The Hall–Kier alpha value is -1.86. The molecule has 20 heavy (non-hydrogen) atoms. The summed E-state index contributed by atoms with van der Waals surface area (Å²) in [6, 6.07) is 1.60. The minimum Gasteiger partial charge on any atom is -0.468 e. The summed E-state index contributed by atoms with van der Waals surface area (Å²) in [5.74, 6) is -0.740. The van der Waals surface area contributed by atoms with Gasteiger partial charge in [-0.1, -0.05) is 0 Å². The fourth-order valence-electron chi connectivity index (χ4n) is 2.37. The molecule has 0 saturated carbocycles. The number of likely N-dealkylation sites (tertiary alicyclic amines) is 1. The number of amides is 1. The number of aliphatic hydroxyl groups excluding tert-OH is 1. The normalized spacial score (nSPS) is 21.6. The summed E-state index contributed by atoms with van der Waals surface area (Å²) in [5.41, 5.74) is 5.80. The van der Waals surface area contributed by atoms with Crippen LogP contribution in [0.4, 0.5) is 0 Å². The zero-order valence-corrected chi connectivity index (χ0v) is 11.2. The number of nitrogens with two attached hydrogens (primary N) is 1. The van der Waals surface area contributed by atoms with E-state index in [0.29, 0.717) is 25.1 Å². The Labute approximate surface area is 116 Å². The molecule has 7 nitrogen and oxygen atoms in total. The van der Waals surface area contributed by atoms with E-state index in [1.54, 1.807) is 12.1 Å². The highest BCUT2D eigenvalue weighted by Gasteiger charge is 2.39. The maximum absolute atomic E-state index is 12.3. The lowest BCUT2D eigenvalue weighted by molar-refractivity contribution is -0.154. The Morgan fingerprint density at radius 3 is 2.95 bits per heavy atom. The van der Waals surface area contributed by atoms with Crippen molar-refractivity contribution in [2.45, 2.75) is 31.0 Å². The topological polar surface area (TPSA) is 106 Å². The van der Waals surface area contributed by atoms with E-state index in [4.69, 9.17) is 10.2 Å². The number of hydrogen-bond donors (Lipinski definition) is 2. The molecule has 110 valence electrons. The van der Waals surface area contributed by atoms with Crippen LogP contribution in [0.25, 0.3) is 0 Å². The molecular formula is C13H18N2O5. The van der Waals surface area contributed by atoms with Crippen LogP contribution >= 0.6 is 0 Å². The molecule has 0 radical (unpaired) electrons. The Morgan fingerprint density at radius 1 is 1.60 bits per heavy atom. The Morgan fingerprint density at radius 2 is 2.35 bits per heavy atom. The third-order valence-corrected chi connectivity index (χ3v) is 3.47. The lowest BCUT2D eigenvalue weighted by atomic mass is 10.1.